The van der Waals surface area contributed by atoms with Gasteiger partial charge in [-0.2, -0.15) is 0 Å². The molecule has 0 saturated heterocycles. The Morgan fingerprint density at radius 1 is 1.45 bits per heavy atom. The summed E-state index contributed by atoms with van der Waals surface area (Å²) in [4.78, 5) is 0. The molecule has 1 N–H and O–H groups in total. The molecule has 3 rings (SSSR count). The predicted molar refractivity (Wildman–Crippen MR) is 46.1 cm³/mol. The van der Waals surface area contributed by atoms with Crippen LogP contribution in [0.3, 0.4) is 0 Å². The molecular formula is C10H18N. The van der Waals surface area contributed by atoms with Crippen LogP contribution in [0.25, 0.3) is 0 Å². The highest BCUT2D eigenvalue weighted by molar-refractivity contribution is 5.10. The molecule has 0 amide bonds. The summed E-state index contributed by atoms with van der Waals surface area (Å²) in [5.74, 6) is 0.946. The second-order valence-corrected chi connectivity index (χ2v) is 4.97. The van der Waals surface area contributed by atoms with Crippen molar-refractivity contribution in [3.63, 3.8) is 0 Å². The van der Waals surface area contributed by atoms with E-state index in [9.17, 15) is 0 Å². The third-order valence-electron chi connectivity index (χ3n) is 4.57. The summed E-state index contributed by atoms with van der Waals surface area (Å²) < 4.78 is 0. The van der Waals surface area contributed by atoms with Crippen LogP contribution in [0.5, 0.6) is 0 Å². The molecule has 0 aromatic heterocycles. The smallest absolute Gasteiger partial charge is 0.0162 e. The lowest BCUT2D eigenvalue weighted by atomic mass is 9.40. The average molecular weight is 152 g/mol. The first-order valence-corrected chi connectivity index (χ1v) is 4.77. The Morgan fingerprint density at radius 3 is 2.55 bits per heavy atom. The minimum absolute atomic E-state index is 0.427. The normalized spacial score (nSPS) is 46.6. The molecule has 1 radical (unpaired) electrons. The highest BCUT2D eigenvalue weighted by Crippen LogP contribution is 2.67. The van der Waals surface area contributed by atoms with Gasteiger partial charge in [0.05, 0.1) is 0 Å². The Bertz CT molecular complexity index is 170. The van der Waals surface area contributed by atoms with Gasteiger partial charge < -0.3 is 0 Å². The van der Waals surface area contributed by atoms with Gasteiger partial charge in [-0.1, -0.05) is 20.3 Å². The first-order valence-electron chi connectivity index (χ1n) is 4.77. The summed E-state index contributed by atoms with van der Waals surface area (Å²) in [7, 11) is 0. The van der Waals surface area contributed by atoms with E-state index in [-0.39, 0.29) is 0 Å². The van der Waals surface area contributed by atoms with Crippen molar-refractivity contribution < 1.29 is 0 Å². The Morgan fingerprint density at radius 2 is 2.18 bits per heavy atom. The zero-order chi connectivity index (χ0) is 8.11. The standard InChI is InChI=1S/C10H18N/c1-9(2)8-4-3-5-10(9,6-8)7-11/h8,11H,3-7H2,1-2H3. The molecule has 2 unspecified atom stereocenters. The third-order valence-corrected chi connectivity index (χ3v) is 4.57. The lowest BCUT2D eigenvalue weighted by molar-refractivity contribution is -0.154. The summed E-state index contributed by atoms with van der Waals surface area (Å²) in [5, 5.41) is 0. The van der Waals surface area contributed by atoms with E-state index in [1.165, 1.54) is 25.7 Å². The van der Waals surface area contributed by atoms with Gasteiger partial charge in [-0.3, -0.25) is 5.73 Å². The molecule has 3 aliphatic rings. The Hall–Kier alpha value is -0.0400. The molecule has 0 aromatic rings. The van der Waals surface area contributed by atoms with Gasteiger partial charge in [-0.15, -0.1) is 0 Å². The topological polar surface area (TPSA) is 23.8 Å². The molecule has 2 bridgehead atoms. The van der Waals surface area contributed by atoms with Gasteiger partial charge in [0.1, 0.15) is 0 Å². The highest BCUT2D eigenvalue weighted by atomic mass is 14.7. The SMILES string of the molecule is CC1(C)C2CCCC1(C[NH])C2. The van der Waals surface area contributed by atoms with Crippen LogP contribution in [0.4, 0.5) is 0 Å². The van der Waals surface area contributed by atoms with Crippen LogP contribution in [0.1, 0.15) is 39.5 Å². The van der Waals surface area contributed by atoms with E-state index in [2.05, 4.69) is 13.8 Å². The van der Waals surface area contributed by atoms with Crippen molar-refractivity contribution in [2.24, 2.45) is 16.7 Å². The molecule has 0 aromatic carbocycles. The number of hydrogen-bond donors (Lipinski definition) is 0. The Balaban J connectivity index is 2.22. The van der Waals surface area contributed by atoms with Gasteiger partial charge in [-0.25, -0.2) is 0 Å². The van der Waals surface area contributed by atoms with Gasteiger partial charge in [-0.05, 0) is 36.0 Å². The highest BCUT2D eigenvalue weighted by Gasteiger charge is 2.60. The Labute approximate surface area is 69.4 Å². The van der Waals surface area contributed by atoms with Crippen LogP contribution < -0.4 is 5.73 Å². The lowest BCUT2D eigenvalue weighted by Crippen LogP contribution is -2.59. The fraction of sp³-hybridized carbons (Fsp3) is 1.00. The van der Waals surface area contributed by atoms with E-state index < -0.39 is 0 Å². The summed E-state index contributed by atoms with van der Waals surface area (Å²) >= 11 is 0. The van der Waals surface area contributed by atoms with E-state index in [4.69, 9.17) is 5.73 Å². The van der Waals surface area contributed by atoms with Crippen LogP contribution in [0, 0.1) is 16.7 Å². The van der Waals surface area contributed by atoms with Crippen LogP contribution in [-0.4, -0.2) is 6.54 Å². The maximum absolute atomic E-state index is 7.59. The van der Waals surface area contributed by atoms with Crippen molar-refractivity contribution in [2.75, 3.05) is 6.54 Å². The zero-order valence-corrected chi connectivity index (χ0v) is 7.61. The Kier molecular flexibility index (Phi) is 1.39. The number of nitrogens with one attached hydrogen (secondary N) is 1. The number of fused-ring (bicyclic) bond motifs is 2. The summed E-state index contributed by atoms with van der Waals surface area (Å²) in [6, 6.07) is 0. The number of rotatable bonds is 1. The van der Waals surface area contributed by atoms with Crippen molar-refractivity contribution >= 4 is 0 Å². The van der Waals surface area contributed by atoms with Crippen LogP contribution in [-0.2, 0) is 0 Å². The second kappa shape index (κ2) is 2.01. The molecule has 1 nitrogen and oxygen atoms in total. The average Bonchev–Trinajstić information content (AvgIpc) is 2.04. The minimum Gasteiger partial charge on any atom is -0.257 e. The molecule has 1 heteroatoms. The molecular weight excluding hydrogens is 134 g/mol. The molecule has 63 valence electrons. The monoisotopic (exact) mass is 152 g/mol. The molecule has 3 fully saturated rings. The molecule has 11 heavy (non-hydrogen) atoms. The van der Waals surface area contributed by atoms with Crippen molar-refractivity contribution in [3.8, 4) is 0 Å². The van der Waals surface area contributed by atoms with E-state index in [0.29, 0.717) is 17.4 Å². The van der Waals surface area contributed by atoms with Crippen LogP contribution in [0.15, 0.2) is 0 Å². The molecule has 2 atom stereocenters. The maximum atomic E-state index is 7.59. The fourth-order valence-electron chi connectivity index (χ4n) is 3.25. The molecule has 3 aliphatic carbocycles. The number of hydrogen-bond acceptors (Lipinski definition) is 0. The van der Waals surface area contributed by atoms with Crippen molar-refractivity contribution in [3.05, 3.63) is 0 Å². The minimum atomic E-state index is 0.427. The lowest BCUT2D eigenvalue weighted by Gasteiger charge is -2.65. The second-order valence-electron chi connectivity index (χ2n) is 4.97. The van der Waals surface area contributed by atoms with E-state index in [1.54, 1.807) is 0 Å². The molecule has 3 saturated carbocycles. The van der Waals surface area contributed by atoms with Crippen molar-refractivity contribution in [1.82, 2.24) is 5.73 Å². The first kappa shape index (κ1) is 7.60. The molecule has 0 heterocycles. The maximum Gasteiger partial charge on any atom is 0.0162 e. The fourth-order valence-corrected chi connectivity index (χ4v) is 3.25. The third kappa shape index (κ3) is 0.703. The predicted octanol–water partition coefficient (Wildman–Crippen LogP) is 2.49. The summed E-state index contributed by atoms with van der Waals surface area (Å²) in [6.07, 6.45) is 5.48. The van der Waals surface area contributed by atoms with E-state index in [0.717, 1.165) is 5.92 Å². The van der Waals surface area contributed by atoms with E-state index >= 15 is 0 Å². The molecule has 0 aliphatic heterocycles. The zero-order valence-electron chi connectivity index (χ0n) is 7.61. The van der Waals surface area contributed by atoms with Gasteiger partial charge in [0.2, 0.25) is 0 Å². The first-order chi connectivity index (χ1) is 5.12. The van der Waals surface area contributed by atoms with E-state index in [1.807, 2.05) is 0 Å². The summed E-state index contributed by atoms with van der Waals surface area (Å²) in [5.41, 5.74) is 8.51. The van der Waals surface area contributed by atoms with Crippen molar-refractivity contribution in [2.45, 2.75) is 39.5 Å². The van der Waals surface area contributed by atoms with Gasteiger partial charge >= 0.3 is 0 Å². The van der Waals surface area contributed by atoms with Crippen LogP contribution in [0.2, 0.25) is 0 Å². The summed E-state index contributed by atoms with van der Waals surface area (Å²) in [6.45, 7) is 5.40. The van der Waals surface area contributed by atoms with Crippen molar-refractivity contribution in [1.29, 1.82) is 0 Å². The van der Waals surface area contributed by atoms with Gasteiger partial charge in [0, 0.05) is 6.54 Å². The van der Waals surface area contributed by atoms with Gasteiger partial charge in [0.25, 0.3) is 0 Å². The largest absolute Gasteiger partial charge is 0.257 e. The molecule has 0 spiro atoms. The van der Waals surface area contributed by atoms with Crippen LogP contribution >= 0.6 is 0 Å². The quantitative estimate of drug-likeness (QED) is 0.551. The van der Waals surface area contributed by atoms with Gasteiger partial charge in [0.15, 0.2) is 0 Å².